The van der Waals surface area contributed by atoms with Crippen LogP contribution in [0.5, 0.6) is 0 Å². The molecule has 3 amide bonds. The van der Waals surface area contributed by atoms with Gasteiger partial charge in [-0.3, -0.25) is 0 Å². The molecule has 0 spiro atoms. The highest BCUT2D eigenvalue weighted by Crippen LogP contribution is 2.06. The lowest BCUT2D eigenvalue weighted by Gasteiger charge is -2.14. The maximum absolute atomic E-state index is 13.4. The van der Waals surface area contributed by atoms with E-state index in [2.05, 4.69) is 16.0 Å². The molecule has 0 aliphatic rings. The molecule has 0 aliphatic heterocycles. The molecular weight excluding hydrogens is 749 g/mol. The number of unbranched alkanes of at least 4 members (excludes halogenated alkanes) is 11. The normalized spacial score (nSPS) is 10.8. The molecular formula is C31H57B2IN6O9. The zero-order valence-corrected chi connectivity index (χ0v) is 31.7. The molecule has 0 bridgehead atoms. The fourth-order valence-electron chi connectivity index (χ4n) is 5.02. The Morgan fingerprint density at radius 1 is 0.490 bits per heavy atom. The molecule has 1 aromatic rings. The van der Waals surface area contributed by atoms with Gasteiger partial charge in [0.15, 0.2) is 0 Å². The maximum atomic E-state index is 13.4. The number of carbonyl (C=O) groups is 3. The first-order valence-corrected chi connectivity index (χ1v) is 19.5. The molecule has 3 N–H and O–H groups in total. The number of aromatic nitrogens is 3. The van der Waals surface area contributed by atoms with Crippen LogP contribution in [0.3, 0.4) is 0 Å². The molecule has 0 unspecified atom stereocenters. The number of nitrogens with zero attached hydrogens (tertiary/aromatic N) is 3. The van der Waals surface area contributed by atoms with Crippen molar-refractivity contribution >= 4 is 56.6 Å². The van der Waals surface area contributed by atoms with E-state index in [1.165, 1.54) is 13.7 Å². The van der Waals surface area contributed by atoms with E-state index in [4.69, 9.17) is 14.2 Å². The predicted molar refractivity (Wildman–Crippen MR) is 203 cm³/mol. The van der Waals surface area contributed by atoms with Crippen molar-refractivity contribution in [3.8, 4) is 0 Å². The topological polar surface area (TPSA) is 181 Å². The lowest BCUT2D eigenvalue weighted by Crippen LogP contribution is -2.54. The molecule has 0 atom stereocenters. The smallest absolute Gasteiger partial charge is 0.407 e. The molecule has 1 rings (SSSR count). The van der Waals surface area contributed by atoms with Crippen LogP contribution >= 0.6 is 22.6 Å². The first kappa shape index (κ1) is 44.1. The van der Waals surface area contributed by atoms with Crippen molar-refractivity contribution < 1.29 is 28.6 Å². The van der Waals surface area contributed by atoms with Gasteiger partial charge in [0.1, 0.15) is 20.3 Å². The molecule has 0 fully saturated rings. The van der Waals surface area contributed by atoms with Crippen molar-refractivity contribution in [1.29, 1.82) is 0 Å². The van der Waals surface area contributed by atoms with Crippen LogP contribution in [0.4, 0.5) is 14.4 Å². The van der Waals surface area contributed by atoms with Crippen molar-refractivity contribution in [2.75, 3.05) is 37.5 Å². The van der Waals surface area contributed by atoms with Crippen LogP contribution in [-0.4, -0.2) is 85.1 Å². The summed E-state index contributed by atoms with van der Waals surface area (Å²) in [6.07, 6.45) is 11.2. The van der Waals surface area contributed by atoms with Gasteiger partial charge in [-0.2, -0.15) is 0 Å². The van der Waals surface area contributed by atoms with E-state index in [-0.39, 0.29) is 30.3 Å². The molecule has 278 valence electrons. The van der Waals surface area contributed by atoms with Crippen LogP contribution in [0.15, 0.2) is 14.4 Å². The van der Waals surface area contributed by atoms with Gasteiger partial charge in [0.25, 0.3) is 0 Å². The highest BCUT2D eigenvalue weighted by atomic mass is 127. The van der Waals surface area contributed by atoms with E-state index in [1.54, 1.807) is 0 Å². The van der Waals surface area contributed by atoms with Crippen molar-refractivity contribution in [1.82, 2.24) is 29.7 Å². The second kappa shape index (κ2) is 28.9. The summed E-state index contributed by atoms with van der Waals surface area (Å²) in [5.74, 6) is 0. The summed E-state index contributed by atoms with van der Waals surface area (Å²) in [4.78, 5) is 74.5. The Kier molecular flexibility index (Phi) is 26.0. The lowest BCUT2D eigenvalue weighted by atomic mass is 10.1. The minimum Gasteiger partial charge on any atom is -0.450 e. The summed E-state index contributed by atoms with van der Waals surface area (Å²) in [6.45, 7) is 2.99. The molecule has 0 saturated heterocycles. The van der Waals surface area contributed by atoms with Crippen LogP contribution in [0, 0.1) is 0 Å². The monoisotopic (exact) mass is 806 g/mol. The lowest BCUT2D eigenvalue weighted by molar-refractivity contribution is 0.151. The van der Waals surface area contributed by atoms with Crippen molar-refractivity contribution in [2.24, 2.45) is 0 Å². The Morgan fingerprint density at radius 3 is 1.08 bits per heavy atom. The van der Waals surface area contributed by atoms with E-state index in [1.807, 2.05) is 38.3 Å². The number of rotatable bonds is 28. The second-order valence-corrected chi connectivity index (χ2v) is 12.5. The third-order valence-corrected chi connectivity index (χ3v) is 7.99. The zero-order valence-electron chi connectivity index (χ0n) is 29.6. The summed E-state index contributed by atoms with van der Waals surface area (Å²) in [5.41, 5.74) is -1.73. The maximum Gasteiger partial charge on any atom is 0.407 e. The molecule has 0 aliphatic carbocycles. The first-order chi connectivity index (χ1) is 23.8. The van der Waals surface area contributed by atoms with Gasteiger partial charge in [0.2, 0.25) is 0 Å². The van der Waals surface area contributed by atoms with Gasteiger partial charge in [0.05, 0.1) is 13.2 Å². The largest absolute Gasteiger partial charge is 0.450 e. The Bertz CT molecular complexity index is 1260. The number of hydrogen-bond donors (Lipinski definition) is 3. The SMILES string of the molecule is BCCOC(=O)NCCCCCCCCn1c(=O)n(CCCCCCNC(=O)OCI)c(=O)n(CCCCCCNC(=O)OCCB)c1=O. The molecule has 49 heavy (non-hydrogen) atoms. The number of halogens is 1. The summed E-state index contributed by atoms with van der Waals surface area (Å²) in [7, 11) is 3.87. The van der Waals surface area contributed by atoms with Gasteiger partial charge >= 0.3 is 35.3 Å². The van der Waals surface area contributed by atoms with Crippen LogP contribution in [0.1, 0.15) is 89.9 Å². The highest BCUT2D eigenvalue weighted by Gasteiger charge is 2.15. The fourth-order valence-corrected chi connectivity index (χ4v) is 5.30. The summed E-state index contributed by atoms with van der Waals surface area (Å²) in [5, 5.41) is 8.12. The van der Waals surface area contributed by atoms with Crippen LogP contribution in [0.25, 0.3) is 0 Å². The zero-order chi connectivity index (χ0) is 36.1. The van der Waals surface area contributed by atoms with Crippen molar-refractivity contribution in [2.45, 2.75) is 122 Å². The minimum atomic E-state index is -0.581. The third-order valence-electron chi connectivity index (χ3n) is 7.68. The van der Waals surface area contributed by atoms with Gasteiger partial charge in [0, 0.05) is 39.3 Å². The Labute approximate surface area is 304 Å². The summed E-state index contributed by atoms with van der Waals surface area (Å²) >= 11 is 1.95. The van der Waals surface area contributed by atoms with Crippen LogP contribution in [0.2, 0.25) is 12.6 Å². The van der Waals surface area contributed by atoms with E-state index >= 15 is 0 Å². The Morgan fingerprint density at radius 2 is 0.776 bits per heavy atom. The predicted octanol–water partition coefficient (Wildman–Crippen LogP) is 2.31. The molecule has 18 heteroatoms. The molecule has 0 radical (unpaired) electrons. The Hall–Kier alpha value is -2.92. The number of alkyl carbamates (subject to hydrolysis) is 3. The number of amides is 3. The van der Waals surface area contributed by atoms with Gasteiger partial charge in [-0.05, 0) is 73.8 Å². The van der Waals surface area contributed by atoms with Crippen LogP contribution < -0.4 is 33.0 Å². The van der Waals surface area contributed by atoms with Gasteiger partial charge in [-0.25, -0.2) is 42.5 Å². The average Bonchev–Trinajstić information content (AvgIpc) is 3.08. The van der Waals surface area contributed by atoms with E-state index in [0.29, 0.717) is 52.1 Å². The number of hydrogen-bond acceptors (Lipinski definition) is 9. The quantitative estimate of drug-likeness (QED) is 0.0377. The minimum absolute atomic E-state index is 0.210. The van der Waals surface area contributed by atoms with Gasteiger partial charge in [-0.1, -0.05) is 51.4 Å². The van der Waals surface area contributed by atoms with E-state index in [9.17, 15) is 28.8 Å². The summed E-state index contributed by atoms with van der Waals surface area (Å²) < 4.78 is 18.7. The molecule has 0 saturated carbocycles. The third kappa shape index (κ3) is 20.4. The van der Waals surface area contributed by atoms with Crippen molar-refractivity contribution in [3.63, 3.8) is 0 Å². The highest BCUT2D eigenvalue weighted by molar-refractivity contribution is 14.1. The second-order valence-electron chi connectivity index (χ2n) is 11.8. The molecule has 1 heterocycles. The molecule has 15 nitrogen and oxygen atoms in total. The average molecular weight is 806 g/mol. The summed E-state index contributed by atoms with van der Waals surface area (Å²) in [6, 6.07) is 0. The van der Waals surface area contributed by atoms with Crippen molar-refractivity contribution in [3.05, 3.63) is 31.5 Å². The van der Waals surface area contributed by atoms with E-state index < -0.39 is 29.3 Å². The number of carbonyl (C=O) groups excluding carboxylic acids is 3. The Balaban J connectivity index is 2.69. The number of alkyl halides is 1. The van der Waals surface area contributed by atoms with Crippen LogP contribution in [-0.2, 0) is 33.8 Å². The number of ether oxygens (including phenoxy) is 3. The molecule has 1 aromatic heterocycles. The number of nitrogens with one attached hydrogen (secondary N) is 3. The van der Waals surface area contributed by atoms with E-state index in [0.717, 1.165) is 83.3 Å². The van der Waals surface area contributed by atoms with Gasteiger partial charge < -0.3 is 30.2 Å². The fraction of sp³-hybridized carbons (Fsp3) is 0.806. The molecule has 0 aromatic carbocycles. The van der Waals surface area contributed by atoms with Gasteiger partial charge in [-0.15, -0.1) is 0 Å². The standard InChI is InChI=1S/C31H57B2IN6O9/c32-15-23-47-26(41)35-17-9-3-1-2-6-12-20-38-29(44)39(21-13-7-4-10-18-36-27(42)48-24-16-33)31(46)40(30(38)45)22-14-8-5-11-19-37-28(43)49-25-34/h1-25,32-33H2,(H,35,41)(H,36,42)(H,37,43). The first-order valence-electron chi connectivity index (χ1n) is 18.0.